The summed E-state index contributed by atoms with van der Waals surface area (Å²) in [4.78, 5) is 16.6. The Labute approximate surface area is 136 Å². The van der Waals surface area contributed by atoms with E-state index in [1.807, 2.05) is 30.5 Å². The molecule has 0 saturated heterocycles. The minimum absolute atomic E-state index is 0.169. The SMILES string of the molecule is CSCCNc1ncccc1C(=O)Nc1ccc(Br)cc1. The highest BCUT2D eigenvalue weighted by Gasteiger charge is 2.12. The first kappa shape index (κ1) is 15.9. The molecule has 21 heavy (non-hydrogen) atoms. The first-order chi connectivity index (χ1) is 10.2. The molecule has 2 N–H and O–H groups in total. The number of rotatable bonds is 6. The van der Waals surface area contributed by atoms with Gasteiger partial charge in [0.25, 0.3) is 5.91 Å². The lowest BCUT2D eigenvalue weighted by atomic mass is 10.2. The average molecular weight is 366 g/mol. The van der Waals surface area contributed by atoms with Crippen LogP contribution in [0.3, 0.4) is 0 Å². The maximum atomic E-state index is 12.3. The Bertz CT molecular complexity index is 604. The molecule has 4 nitrogen and oxygen atoms in total. The van der Waals surface area contributed by atoms with Crippen LogP contribution in [-0.4, -0.2) is 29.4 Å². The van der Waals surface area contributed by atoms with Crippen molar-refractivity contribution in [2.75, 3.05) is 29.2 Å². The molecule has 1 aromatic carbocycles. The van der Waals surface area contributed by atoms with Crippen LogP contribution in [0.15, 0.2) is 47.1 Å². The summed E-state index contributed by atoms with van der Waals surface area (Å²) in [5, 5.41) is 6.06. The molecular weight excluding hydrogens is 350 g/mol. The topological polar surface area (TPSA) is 54.0 Å². The predicted molar refractivity (Wildman–Crippen MR) is 93.2 cm³/mol. The van der Waals surface area contributed by atoms with E-state index in [0.29, 0.717) is 11.4 Å². The van der Waals surface area contributed by atoms with E-state index in [2.05, 4.69) is 31.5 Å². The van der Waals surface area contributed by atoms with Gasteiger partial charge in [-0.2, -0.15) is 11.8 Å². The Morgan fingerprint density at radius 2 is 2.05 bits per heavy atom. The van der Waals surface area contributed by atoms with Gasteiger partial charge < -0.3 is 10.6 Å². The van der Waals surface area contributed by atoms with Crippen molar-refractivity contribution >= 4 is 45.1 Å². The Kier molecular flexibility index (Phi) is 6.07. The number of anilines is 2. The summed E-state index contributed by atoms with van der Waals surface area (Å²) >= 11 is 5.11. The second kappa shape index (κ2) is 8.05. The molecule has 0 bridgehead atoms. The summed E-state index contributed by atoms with van der Waals surface area (Å²) < 4.78 is 0.973. The number of benzene rings is 1. The number of nitrogens with one attached hydrogen (secondary N) is 2. The highest BCUT2D eigenvalue weighted by Crippen LogP contribution is 2.17. The summed E-state index contributed by atoms with van der Waals surface area (Å²) in [6.45, 7) is 0.775. The lowest BCUT2D eigenvalue weighted by molar-refractivity contribution is 0.102. The van der Waals surface area contributed by atoms with E-state index in [4.69, 9.17) is 0 Å². The van der Waals surface area contributed by atoms with Crippen molar-refractivity contribution in [3.05, 3.63) is 52.6 Å². The van der Waals surface area contributed by atoms with Gasteiger partial charge in [-0.05, 0) is 42.7 Å². The molecule has 0 unspecified atom stereocenters. The molecule has 0 spiro atoms. The van der Waals surface area contributed by atoms with Gasteiger partial charge in [0.05, 0.1) is 5.56 Å². The standard InChI is InChI=1S/C15H16BrN3OS/c1-21-10-9-18-14-13(3-2-8-17-14)15(20)19-12-6-4-11(16)5-7-12/h2-8H,9-10H2,1H3,(H,17,18)(H,19,20). The van der Waals surface area contributed by atoms with Gasteiger partial charge in [0.1, 0.15) is 5.82 Å². The molecule has 0 atom stereocenters. The summed E-state index contributed by atoms with van der Waals surface area (Å²) in [6, 6.07) is 11.0. The smallest absolute Gasteiger partial charge is 0.259 e. The average Bonchev–Trinajstić information content (AvgIpc) is 2.50. The highest BCUT2D eigenvalue weighted by molar-refractivity contribution is 9.10. The number of halogens is 1. The van der Waals surface area contributed by atoms with Crippen LogP contribution in [0.1, 0.15) is 10.4 Å². The summed E-state index contributed by atoms with van der Waals surface area (Å²) in [5.74, 6) is 1.41. The maximum Gasteiger partial charge on any atom is 0.259 e. The fourth-order valence-corrected chi connectivity index (χ4v) is 2.30. The van der Waals surface area contributed by atoms with E-state index in [1.165, 1.54) is 0 Å². The van der Waals surface area contributed by atoms with Gasteiger partial charge in [0.2, 0.25) is 0 Å². The van der Waals surface area contributed by atoms with Crippen LogP contribution >= 0.6 is 27.7 Å². The quantitative estimate of drug-likeness (QED) is 0.762. The molecule has 0 aliphatic rings. The number of carbonyl (C=O) groups is 1. The largest absolute Gasteiger partial charge is 0.369 e. The van der Waals surface area contributed by atoms with Gasteiger partial charge in [-0.15, -0.1) is 0 Å². The molecule has 0 aliphatic carbocycles. The van der Waals surface area contributed by atoms with Crippen molar-refractivity contribution in [2.45, 2.75) is 0 Å². The molecule has 0 radical (unpaired) electrons. The molecule has 2 aromatic rings. The second-order valence-electron chi connectivity index (χ2n) is 4.28. The molecule has 110 valence electrons. The Morgan fingerprint density at radius 3 is 2.76 bits per heavy atom. The molecule has 0 saturated carbocycles. The van der Waals surface area contributed by atoms with Crippen molar-refractivity contribution < 1.29 is 4.79 Å². The Hall–Kier alpha value is -1.53. The molecule has 1 heterocycles. The van der Waals surface area contributed by atoms with Crippen LogP contribution in [0, 0.1) is 0 Å². The molecule has 1 aromatic heterocycles. The number of nitrogens with zero attached hydrogens (tertiary/aromatic N) is 1. The van der Waals surface area contributed by atoms with Crippen molar-refractivity contribution in [2.24, 2.45) is 0 Å². The Balaban J connectivity index is 2.09. The van der Waals surface area contributed by atoms with Gasteiger partial charge >= 0.3 is 0 Å². The summed E-state index contributed by atoms with van der Waals surface area (Å²) in [5.41, 5.74) is 1.30. The minimum atomic E-state index is -0.169. The van der Waals surface area contributed by atoms with Gasteiger partial charge in [-0.25, -0.2) is 4.98 Å². The number of pyridine rings is 1. The normalized spacial score (nSPS) is 10.2. The first-order valence-corrected chi connectivity index (χ1v) is 8.64. The minimum Gasteiger partial charge on any atom is -0.369 e. The number of hydrogen-bond acceptors (Lipinski definition) is 4. The maximum absolute atomic E-state index is 12.3. The predicted octanol–water partition coefficient (Wildman–Crippen LogP) is 3.87. The van der Waals surface area contributed by atoms with Crippen LogP contribution in [0.4, 0.5) is 11.5 Å². The third-order valence-corrected chi connectivity index (χ3v) is 3.89. The lowest BCUT2D eigenvalue weighted by Crippen LogP contribution is -2.16. The van der Waals surface area contributed by atoms with Gasteiger partial charge in [0.15, 0.2) is 0 Å². The fourth-order valence-electron chi connectivity index (χ4n) is 1.73. The fraction of sp³-hybridized carbons (Fsp3) is 0.200. The van der Waals surface area contributed by atoms with Crippen LogP contribution in [0.2, 0.25) is 0 Å². The number of amides is 1. The van der Waals surface area contributed by atoms with Gasteiger partial charge in [0, 0.05) is 28.7 Å². The van der Waals surface area contributed by atoms with Crippen molar-refractivity contribution in [1.82, 2.24) is 4.98 Å². The van der Waals surface area contributed by atoms with Crippen LogP contribution in [0.25, 0.3) is 0 Å². The number of thioether (sulfide) groups is 1. The Morgan fingerprint density at radius 1 is 1.29 bits per heavy atom. The molecular formula is C15H16BrN3OS. The van der Waals surface area contributed by atoms with E-state index in [9.17, 15) is 4.79 Å². The zero-order chi connectivity index (χ0) is 15.1. The summed E-state index contributed by atoms with van der Waals surface area (Å²) in [6.07, 6.45) is 3.72. The van der Waals surface area contributed by atoms with E-state index in [-0.39, 0.29) is 5.91 Å². The van der Waals surface area contributed by atoms with Crippen molar-refractivity contribution in [3.63, 3.8) is 0 Å². The third-order valence-electron chi connectivity index (χ3n) is 2.75. The molecule has 0 fully saturated rings. The zero-order valence-electron chi connectivity index (χ0n) is 11.6. The molecule has 2 rings (SSSR count). The van der Waals surface area contributed by atoms with E-state index >= 15 is 0 Å². The van der Waals surface area contributed by atoms with Crippen molar-refractivity contribution in [3.8, 4) is 0 Å². The van der Waals surface area contributed by atoms with E-state index in [1.54, 1.807) is 30.1 Å². The van der Waals surface area contributed by atoms with Crippen LogP contribution in [0.5, 0.6) is 0 Å². The number of hydrogen-bond donors (Lipinski definition) is 2. The van der Waals surface area contributed by atoms with Crippen LogP contribution < -0.4 is 10.6 Å². The molecule has 0 aliphatic heterocycles. The zero-order valence-corrected chi connectivity index (χ0v) is 14.0. The van der Waals surface area contributed by atoms with Crippen molar-refractivity contribution in [1.29, 1.82) is 0 Å². The second-order valence-corrected chi connectivity index (χ2v) is 6.18. The highest BCUT2D eigenvalue weighted by atomic mass is 79.9. The lowest BCUT2D eigenvalue weighted by Gasteiger charge is -2.11. The molecule has 1 amide bonds. The van der Waals surface area contributed by atoms with Gasteiger partial charge in [-0.3, -0.25) is 4.79 Å². The van der Waals surface area contributed by atoms with E-state index in [0.717, 1.165) is 22.5 Å². The summed E-state index contributed by atoms with van der Waals surface area (Å²) in [7, 11) is 0. The van der Waals surface area contributed by atoms with E-state index < -0.39 is 0 Å². The number of aromatic nitrogens is 1. The third kappa shape index (κ3) is 4.75. The molecule has 6 heteroatoms. The first-order valence-electron chi connectivity index (χ1n) is 6.45. The van der Waals surface area contributed by atoms with Crippen LogP contribution in [-0.2, 0) is 0 Å². The van der Waals surface area contributed by atoms with Gasteiger partial charge in [-0.1, -0.05) is 15.9 Å². The monoisotopic (exact) mass is 365 g/mol. The number of carbonyl (C=O) groups excluding carboxylic acids is 1.